The molecule has 4 atom stereocenters. The molecule has 1 aromatic rings. The first-order valence-corrected chi connectivity index (χ1v) is 6.92. The molecule has 2 aliphatic rings. The summed E-state index contributed by atoms with van der Waals surface area (Å²) in [6.45, 7) is 2.10. The van der Waals surface area contributed by atoms with E-state index in [1.54, 1.807) is 6.07 Å². The minimum atomic E-state index is -0.318. The average Bonchev–Trinajstić information content (AvgIpc) is 3.01. The molecule has 1 N–H and O–H groups in total. The molecule has 0 aliphatic carbocycles. The first-order chi connectivity index (χ1) is 9.17. The van der Waals surface area contributed by atoms with Gasteiger partial charge in [0.1, 0.15) is 0 Å². The van der Waals surface area contributed by atoms with Gasteiger partial charge in [0.25, 0.3) is 0 Å². The molecule has 4 heteroatoms. The summed E-state index contributed by atoms with van der Waals surface area (Å²) in [6, 6.07) is 5.63. The molecule has 0 spiro atoms. The molecule has 3 nitrogen and oxygen atoms in total. The molecular weight excluding hydrogens is 245 g/mol. The molecular formula is C15H20FNO2. The molecule has 104 valence electrons. The highest BCUT2D eigenvalue weighted by Gasteiger charge is 2.41. The van der Waals surface area contributed by atoms with Gasteiger partial charge in [-0.15, -0.1) is 0 Å². The quantitative estimate of drug-likeness (QED) is 0.908. The van der Waals surface area contributed by atoms with Gasteiger partial charge in [-0.2, -0.15) is 0 Å². The molecule has 3 rings (SSSR count). The number of hydrogen-bond acceptors (Lipinski definition) is 3. The van der Waals surface area contributed by atoms with Gasteiger partial charge in [0.15, 0.2) is 11.6 Å². The number of hydrogen-bond donors (Lipinski definition) is 1. The zero-order chi connectivity index (χ0) is 13.4. The number of benzene rings is 1. The van der Waals surface area contributed by atoms with Crippen molar-refractivity contribution < 1.29 is 13.9 Å². The predicted octanol–water partition coefficient (Wildman–Crippen LogP) is 2.80. The summed E-state index contributed by atoms with van der Waals surface area (Å²) in [5.74, 6) is -0.0166. The van der Waals surface area contributed by atoms with E-state index in [-0.39, 0.29) is 11.9 Å². The van der Waals surface area contributed by atoms with Crippen LogP contribution in [-0.4, -0.2) is 25.4 Å². The fourth-order valence-corrected chi connectivity index (χ4v) is 3.18. The minimum absolute atomic E-state index is 0.169. The lowest BCUT2D eigenvalue weighted by Gasteiger charge is -2.25. The van der Waals surface area contributed by atoms with Gasteiger partial charge in [-0.25, -0.2) is 4.39 Å². The number of halogens is 1. The zero-order valence-electron chi connectivity index (χ0n) is 11.4. The maximum absolute atomic E-state index is 13.4. The first-order valence-electron chi connectivity index (χ1n) is 6.92. The Kier molecular flexibility index (Phi) is 3.46. The lowest BCUT2D eigenvalue weighted by atomic mass is 9.94. The fourth-order valence-electron chi connectivity index (χ4n) is 3.18. The summed E-state index contributed by atoms with van der Waals surface area (Å²) in [5, 5.41) is 3.59. The van der Waals surface area contributed by atoms with Crippen LogP contribution in [0.2, 0.25) is 0 Å². The van der Waals surface area contributed by atoms with Crippen LogP contribution in [0.4, 0.5) is 4.39 Å². The van der Waals surface area contributed by atoms with Crippen molar-refractivity contribution in [1.82, 2.24) is 5.32 Å². The van der Waals surface area contributed by atoms with Crippen molar-refractivity contribution in [1.29, 1.82) is 0 Å². The molecule has 2 aliphatic heterocycles. The molecule has 2 saturated heterocycles. The first kappa shape index (κ1) is 12.9. The minimum Gasteiger partial charge on any atom is -0.494 e. The Balaban J connectivity index is 1.68. The number of rotatable bonds is 4. The maximum atomic E-state index is 13.4. The molecule has 0 amide bonds. The highest BCUT2D eigenvalue weighted by molar-refractivity contribution is 5.32. The maximum Gasteiger partial charge on any atom is 0.165 e. The van der Waals surface area contributed by atoms with Gasteiger partial charge in [-0.05, 0) is 43.9 Å². The summed E-state index contributed by atoms with van der Waals surface area (Å²) in [4.78, 5) is 0. The Hall–Kier alpha value is -1.13. The zero-order valence-corrected chi connectivity index (χ0v) is 11.4. The van der Waals surface area contributed by atoms with E-state index < -0.39 is 0 Å². The van der Waals surface area contributed by atoms with Crippen LogP contribution in [0.5, 0.6) is 5.75 Å². The van der Waals surface area contributed by atoms with E-state index in [1.165, 1.54) is 19.6 Å². The van der Waals surface area contributed by atoms with Gasteiger partial charge in [0.05, 0.1) is 19.3 Å². The monoisotopic (exact) mass is 265 g/mol. The summed E-state index contributed by atoms with van der Waals surface area (Å²) in [7, 11) is 1.49. The second-order valence-electron chi connectivity index (χ2n) is 5.50. The van der Waals surface area contributed by atoms with E-state index in [0.29, 0.717) is 24.0 Å². The summed E-state index contributed by atoms with van der Waals surface area (Å²) < 4.78 is 24.3. The largest absolute Gasteiger partial charge is 0.494 e. The summed E-state index contributed by atoms with van der Waals surface area (Å²) in [6.07, 6.45) is 4.24. The van der Waals surface area contributed by atoms with Crippen molar-refractivity contribution in [3.8, 4) is 5.75 Å². The van der Waals surface area contributed by atoms with Crippen molar-refractivity contribution in [2.75, 3.05) is 7.11 Å². The fraction of sp³-hybridized carbons (Fsp3) is 0.600. The summed E-state index contributed by atoms with van der Waals surface area (Å²) >= 11 is 0. The van der Waals surface area contributed by atoms with Crippen molar-refractivity contribution in [3.63, 3.8) is 0 Å². The third-order valence-electron chi connectivity index (χ3n) is 4.25. The Morgan fingerprint density at radius 1 is 1.42 bits per heavy atom. The highest BCUT2D eigenvalue weighted by Crippen LogP contribution is 2.35. The van der Waals surface area contributed by atoms with Gasteiger partial charge in [0, 0.05) is 12.1 Å². The van der Waals surface area contributed by atoms with Gasteiger partial charge in [-0.3, -0.25) is 0 Å². The predicted molar refractivity (Wildman–Crippen MR) is 70.8 cm³/mol. The van der Waals surface area contributed by atoms with Gasteiger partial charge in [0.2, 0.25) is 0 Å². The Labute approximate surface area is 113 Å². The number of nitrogens with one attached hydrogen (secondary N) is 1. The van der Waals surface area contributed by atoms with Gasteiger partial charge >= 0.3 is 0 Å². The van der Waals surface area contributed by atoms with E-state index in [0.717, 1.165) is 18.4 Å². The number of ether oxygens (including phenoxy) is 2. The summed E-state index contributed by atoms with van der Waals surface area (Å²) in [5.41, 5.74) is 1.04. The second-order valence-corrected chi connectivity index (χ2v) is 5.50. The Bertz CT molecular complexity index is 465. The van der Waals surface area contributed by atoms with Crippen molar-refractivity contribution in [2.45, 2.75) is 50.5 Å². The van der Waals surface area contributed by atoms with Crippen LogP contribution in [0.15, 0.2) is 18.2 Å². The van der Waals surface area contributed by atoms with E-state index in [9.17, 15) is 4.39 Å². The van der Waals surface area contributed by atoms with Crippen LogP contribution in [0.3, 0.4) is 0 Å². The molecule has 2 bridgehead atoms. The van der Waals surface area contributed by atoms with Gasteiger partial charge < -0.3 is 14.8 Å². The molecule has 2 fully saturated rings. The molecule has 0 saturated carbocycles. The van der Waals surface area contributed by atoms with Crippen LogP contribution in [0.1, 0.15) is 37.8 Å². The van der Waals surface area contributed by atoms with Gasteiger partial charge in [-0.1, -0.05) is 6.07 Å². The van der Waals surface area contributed by atoms with Crippen molar-refractivity contribution >= 4 is 0 Å². The number of fused-ring (bicyclic) bond motifs is 2. The van der Waals surface area contributed by atoms with E-state index in [2.05, 4.69) is 12.2 Å². The lowest BCUT2D eigenvalue weighted by molar-refractivity contribution is 0.0962. The topological polar surface area (TPSA) is 30.5 Å². The smallest absolute Gasteiger partial charge is 0.165 e. The molecule has 0 unspecified atom stereocenters. The standard InChI is InChI=1S/C15H20FNO2/c1-9(10-3-5-12(16)15(7-10)18-2)17-13-8-11-4-6-14(13)19-11/h3,5,7,9,11,13-14,17H,4,6,8H2,1-2H3/t9-,11-,13-,14-/m1/s1. The lowest BCUT2D eigenvalue weighted by Crippen LogP contribution is -2.38. The second kappa shape index (κ2) is 5.10. The third-order valence-corrected chi connectivity index (χ3v) is 4.25. The van der Waals surface area contributed by atoms with Crippen molar-refractivity contribution in [2.24, 2.45) is 0 Å². The molecule has 19 heavy (non-hydrogen) atoms. The normalized spacial score (nSPS) is 30.6. The SMILES string of the molecule is COc1cc([C@@H](C)N[C@@H]2C[C@H]3CC[C@H]2O3)ccc1F. The molecule has 1 aromatic carbocycles. The average molecular weight is 265 g/mol. The molecule has 0 aromatic heterocycles. The van der Waals surface area contributed by atoms with Crippen molar-refractivity contribution in [3.05, 3.63) is 29.6 Å². The van der Waals surface area contributed by atoms with Crippen LogP contribution in [0, 0.1) is 5.82 Å². The van der Waals surface area contributed by atoms with Crippen LogP contribution >= 0.6 is 0 Å². The Morgan fingerprint density at radius 2 is 2.26 bits per heavy atom. The Morgan fingerprint density at radius 3 is 2.89 bits per heavy atom. The van der Waals surface area contributed by atoms with E-state index >= 15 is 0 Å². The van der Waals surface area contributed by atoms with Crippen LogP contribution in [-0.2, 0) is 4.74 Å². The molecule has 0 radical (unpaired) electrons. The molecule has 2 heterocycles. The van der Waals surface area contributed by atoms with Crippen LogP contribution < -0.4 is 10.1 Å². The van der Waals surface area contributed by atoms with E-state index in [1.807, 2.05) is 6.07 Å². The van der Waals surface area contributed by atoms with E-state index in [4.69, 9.17) is 9.47 Å². The third kappa shape index (κ3) is 2.47. The van der Waals surface area contributed by atoms with Crippen LogP contribution in [0.25, 0.3) is 0 Å². The number of methoxy groups -OCH3 is 1. The highest BCUT2D eigenvalue weighted by atomic mass is 19.1.